The molecule has 2 aromatic heterocycles. The number of rotatable bonds is 10. The van der Waals surface area contributed by atoms with Gasteiger partial charge in [-0.05, 0) is 160 Å². The van der Waals surface area contributed by atoms with Crippen LogP contribution in [0, 0.1) is 13.1 Å². The van der Waals surface area contributed by atoms with E-state index >= 15 is 0 Å². The van der Waals surface area contributed by atoms with Crippen LogP contribution < -0.4 is 0 Å². The van der Waals surface area contributed by atoms with Gasteiger partial charge in [-0.25, -0.2) is 29.6 Å². The third-order valence-corrected chi connectivity index (χ3v) is 19.6. The van der Waals surface area contributed by atoms with E-state index in [1.807, 2.05) is 66.7 Å². The summed E-state index contributed by atoms with van der Waals surface area (Å²) >= 11 is 0. The first-order chi connectivity index (χ1) is 47.9. The fourth-order valence-corrected chi connectivity index (χ4v) is 14.4. The van der Waals surface area contributed by atoms with Crippen LogP contribution in [0.15, 0.2) is 315 Å². The van der Waals surface area contributed by atoms with Gasteiger partial charge in [-0.1, -0.05) is 282 Å². The van der Waals surface area contributed by atoms with E-state index < -0.39 is 0 Å². The average molecular weight is 1250 g/mol. The molecule has 0 bridgehead atoms. The predicted octanol–water partition coefficient (Wildman–Crippen LogP) is 24.5. The van der Waals surface area contributed by atoms with Gasteiger partial charge in [-0.15, -0.1) is 0 Å². The van der Waals surface area contributed by atoms with Crippen molar-refractivity contribution >= 4 is 22.1 Å². The van der Waals surface area contributed by atoms with E-state index in [1.54, 1.807) is 0 Å². The van der Waals surface area contributed by atoms with Crippen LogP contribution in [0.25, 0.3) is 155 Å². The third kappa shape index (κ3) is 11.2. The van der Waals surface area contributed by atoms with Gasteiger partial charge >= 0.3 is 0 Å². The third-order valence-electron chi connectivity index (χ3n) is 19.6. The summed E-state index contributed by atoms with van der Waals surface area (Å²) in [6.07, 6.45) is 0. The van der Waals surface area contributed by atoms with Crippen LogP contribution in [0.2, 0.25) is 0 Å². The second-order valence-corrected chi connectivity index (χ2v) is 26.3. The van der Waals surface area contributed by atoms with Crippen molar-refractivity contribution in [2.45, 2.75) is 38.5 Å². The first kappa shape index (κ1) is 60.2. The minimum absolute atomic E-state index is 0.137. The molecule has 0 fully saturated rings. The van der Waals surface area contributed by atoms with Crippen LogP contribution in [-0.2, 0) is 10.8 Å². The van der Waals surface area contributed by atoms with E-state index in [0.717, 1.165) is 89.2 Å². The zero-order valence-corrected chi connectivity index (χ0v) is 54.7. The monoisotopic (exact) mass is 1250 g/mol. The minimum atomic E-state index is -0.145. The lowest BCUT2D eigenvalue weighted by Crippen LogP contribution is -2.14. The van der Waals surface area contributed by atoms with Gasteiger partial charge in [0.25, 0.3) is 0 Å². The van der Waals surface area contributed by atoms with Gasteiger partial charge in [0.05, 0.1) is 35.9 Å². The molecule has 462 valence electrons. The molecule has 13 aromatic carbocycles. The number of hydrogen-bond donors (Lipinski definition) is 0. The van der Waals surface area contributed by atoms with E-state index in [0.29, 0.717) is 23.0 Å². The largest absolute Gasteiger partial charge is 0.238 e. The number of nitrogens with zero attached hydrogens (tertiary/aromatic N) is 6. The lowest BCUT2D eigenvalue weighted by Gasteiger charge is -2.22. The molecule has 15 aromatic rings. The van der Waals surface area contributed by atoms with Gasteiger partial charge < -0.3 is 0 Å². The van der Waals surface area contributed by atoms with Crippen molar-refractivity contribution in [3.05, 3.63) is 361 Å². The Kier molecular flexibility index (Phi) is 15.3. The van der Waals surface area contributed by atoms with E-state index in [-0.39, 0.29) is 10.8 Å². The first-order valence-electron chi connectivity index (χ1n) is 33.1. The summed E-state index contributed by atoms with van der Waals surface area (Å²) in [5.74, 6) is 1.42. The summed E-state index contributed by atoms with van der Waals surface area (Å²) in [5.41, 5.74) is 30.0. The summed E-state index contributed by atoms with van der Waals surface area (Å²) in [6.45, 7) is 24.1. The zero-order chi connectivity index (χ0) is 66.5. The molecular formula is C92H64N6. The number of hydrogen-bond acceptors (Lipinski definition) is 4. The Labute approximate surface area is 572 Å². The molecule has 2 heterocycles. The highest BCUT2D eigenvalue weighted by Gasteiger charge is 2.37. The highest BCUT2D eigenvalue weighted by molar-refractivity contribution is 5.96. The lowest BCUT2D eigenvalue weighted by atomic mass is 9.81. The lowest BCUT2D eigenvalue weighted by molar-refractivity contribution is 0.660. The maximum absolute atomic E-state index is 7.52. The van der Waals surface area contributed by atoms with Crippen molar-refractivity contribution < 1.29 is 0 Å². The number of aromatic nitrogens is 4. The van der Waals surface area contributed by atoms with Crippen LogP contribution in [-0.4, -0.2) is 19.9 Å². The van der Waals surface area contributed by atoms with Gasteiger partial charge in [-0.3, -0.25) is 0 Å². The molecule has 0 spiro atoms. The summed E-state index contributed by atoms with van der Waals surface area (Å²) in [4.78, 5) is 27.7. The molecule has 0 saturated carbocycles. The standard InChI is InChI=1S/C48H33N3.C44H31N3/c1-48(2)43-25-23-38(49-3)29-42(43)40-24-22-36(28-44(40)48)34-17-9-16-33(26-34)35-18-10-19-37(27-35)46-30-45(32-13-5-4-6-14-32)50-47(51-46)41-21-11-15-31-12-7-8-20-39(31)41;1-44(2)39-23-21-36(45-3)27-38(39)37-22-20-34(26-40(37)44)32-17-10-16-31(24-32)33-18-11-19-35(25-33)42-28-41(29-12-6-4-7-13-29)46-43(47-42)30-14-8-5-9-15-30/h4-30H,1-2H3;4-28H,1-2H3. The topological polar surface area (TPSA) is 60.3 Å². The van der Waals surface area contributed by atoms with Gasteiger partial charge in [0.1, 0.15) is 0 Å². The van der Waals surface area contributed by atoms with E-state index in [2.05, 4.69) is 286 Å². The Balaban J connectivity index is 0.000000154. The predicted molar refractivity (Wildman–Crippen MR) is 404 cm³/mol. The highest BCUT2D eigenvalue weighted by atomic mass is 14.9. The van der Waals surface area contributed by atoms with Crippen molar-refractivity contribution in [1.29, 1.82) is 0 Å². The molecule has 0 unspecified atom stereocenters. The van der Waals surface area contributed by atoms with Crippen molar-refractivity contribution in [3.8, 4) is 135 Å². The Morgan fingerprint density at radius 1 is 0.235 bits per heavy atom. The van der Waals surface area contributed by atoms with E-state index in [4.69, 9.17) is 33.1 Å². The average Bonchev–Trinajstić information content (AvgIpc) is 1.58. The summed E-state index contributed by atoms with van der Waals surface area (Å²) in [5, 5.41) is 2.30. The van der Waals surface area contributed by atoms with Crippen LogP contribution in [0.3, 0.4) is 0 Å². The molecule has 0 atom stereocenters. The molecule has 0 amide bonds. The molecule has 2 aliphatic rings. The van der Waals surface area contributed by atoms with E-state index in [9.17, 15) is 0 Å². The fourth-order valence-electron chi connectivity index (χ4n) is 14.4. The SMILES string of the molecule is [C-]#[N+]c1ccc2c(c1)-c1ccc(-c3cccc(-c4cccc(-c5cc(-c6ccccc6)nc(-c6cccc7ccccc67)n5)c4)c3)cc1C2(C)C.[C-]#[N+]c1ccc2c(c1)-c1ccc(-c3cccc(-c4cccc(-c5cc(-c6ccccc6)nc(-c6ccccc6)n5)c4)c3)cc1C2(C)C. The summed E-state index contributed by atoms with van der Waals surface area (Å²) in [7, 11) is 0. The maximum Gasteiger partial charge on any atom is 0.187 e. The van der Waals surface area contributed by atoms with Crippen molar-refractivity contribution in [3.63, 3.8) is 0 Å². The van der Waals surface area contributed by atoms with Crippen molar-refractivity contribution in [2.75, 3.05) is 0 Å². The van der Waals surface area contributed by atoms with Gasteiger partial charge in [0.2, 0.25) is 0 Å². The zero-order valence-electron chi connectivity index (χ0n) is 54.7. The Hall–Kier alpha value is -12.7. The summed E-state index contributed by atoms with van der Waals surface area (Å²) in [6, 6.07) is 110. The van der Waals surface area contributed by atoms with Crippen LogP contribution in [0.4, 0.5) is 11.4 Å². The Morgan fingerprint density at radius 2 is 0.571 bits per heavy atom. The molecule has 98 heavy (non-hydrogen) atoms. The van der Waals surface area contributed by atoms with Crippen LogP contribution in [0.5, 0.6) is 0 Å². The molecule has 0 radical (unpaired) electrons. The molecule has 2 aliphatic carbocycles. The fraction of sp³-hybridized carbons (Fsp3) is 0.0652. The van der Waals surface area contributed by atoms with Crippen molar-refractivity contribution in [2.24, 2.45) is 0 Å². The molecule has 0 N–H and O–H groups in total. The Bertz CT molecular complexity index is 5650. The highest BCUT2D eigenvalue weighted by Crippen LogP contribution is 2.53. The quantitative estimate of drug-likeness (QED) is 0.128. The van der Waals surface area contributed by atoms with Gasteiger partial charge in [-0.2, -0.15) is 0 Å². The number of fused-ring (bicyclic) bond motifs is 7. The Morgan fingerprint density at radius 3 is 1.01 bits per heavy atom. The number of benzene rings is 13. The smallest absolute Gasteiger partial charge is 0.187 e. The summed E-state index contributed by atoms with van der Waals surface area (Å²) < 4.78 is 0. The maximum atomic E-state index is 7.52. The minimum Gasteiger partial charge on any atom is -0.238 e. The second-order valence-electron chi connectivity index (χ2n) is 26.3. The normalized spacial score (nSPS) is 12.6. The molecular weight excluding hydrogens is 1190 g/mol. The van der Waals surface area contributed by atoms with Crippen LogP contribution >= 0.6 is 0 Å². The molecule has 6 heteroatoms. The second kappa shape index (κ2) is 24.9. The molecule has 0 aliphatic heterocycles. The van der Waals surface area contributed by atoms with Crippen LogP contribution in [0.1, 0.15) is 49.9 Å². The van der Waals surface area contributed by atoms with Crippen molar-refractivity contribution in [1.82, 2.24) is 19.9 Å². The first-order valence-corrected chi connectivity index (χ1v) is 33.1. The molecule has 6 nitrogen and oxygen atoms in total. The van der Waals surface area contributed by atoms with E-state index in [1.165, 1.54) is 66.8 Å². The van der Waals surface area contributed by atoms with Gasteiger partial charge in [0.15, 0.2) is 23.0 Å². The molecule has 0 saturated heterocycles. The molecule has 17 rings (SSSR count). The van der Waals surface area contributed by atoms with Gasteiger partial charge in [0, 0.05) is 44.2 Å².